The number of amides is 1. The summed E-state index contributed by atoms with van der Waals surface area (Å²) >= 11 is 0. The van der Waals surface area contributed by atoms with E-state index in [4.69, 9.17) is 4.74 Å². The third kappa shape index (κ3) is 3.28. The predicted octanol–water partition coefficient (Wildman–Crippen LogP) is 2.78. The number of hydrogen-bond donors (Lipinski definition) is 3. The van der Waals surface area contributed by atoms with Crippen molar-refractivity contribution in [2.45, 2.75) is 19.4 Å². The predicted molar refractivity (Wildman–Crippen MR) is 93.4 cm³/mol. The second-order valence-electron chi connectivity index (χ2n) is 5.67. The molecule has 0 spiro atoms. The first-order valence-electron chi connectivity index (χ1n) is 7.75. The maximum Gasteiger partial charge on any atom is 0.256 e. The summed E-state index contributed by atoms with van der Waals surface area (Å²) in [6.07, 6.45) is 2.91. The standard InChI is InChI=1S/C19H17FN2O3/c1-11(23)4-3-5-12-14(20)6-7-15-18(12)13(19(24)22-15)10-16-17(25-2)8-9-21-16/h6-11,21,23H,4H2,1-2H3,(H,22,24)/b13-10-. The molecule has 1 aromatic carbocycles. The van der Waals surface area contributed by atoms with Gasteiger partial charge < -0.3 is 20.1 Å². The van der Waals surface area contributed by atoms with Crippen LogP contribution in [0.25, 0.3) is 11.6 Å². The van der Waals surface area contributed by atoms with E-state index in [1.807, 2.05) is 0 Å². The molecule has 1 aromatic heterocycles. The number of ether oxygens (including phenoxy) is 1. The van der Waals surface area contributed by atoms with Gasteiger partial charge in [0.1, 0.15) is 11.6 Å². The van der Waals surface area contributed by atoms with Gasteiger partial charge >= 0.3 is 0 Å². The number of H-pyrrole nitrogens is 1. The Bertz CT molecular complexity index is 916. The molecule has 128 valence electrons. The Labute approximate surface area is 144 Å². The van der Waals surface area contributed by atoms with Crippen LogP contribution in [-0.4, -0.2) is 29.2 Å². The van der Waals surface area contributed by atoms with Crippen molar-refractivity contribution in [3.63, 3.8) is 0 Å². The first-order chi connectivity index (χ1) is 12.0. The second kappa shape index (κ2) is 6.83. The van der Waals surface area contributed by atoms with Crippen LogP contribution in [0.5, 0.6) is 5.75 Å². The largest absolute Gasteiger partial charge is 0.495 e. The molecule has 0 aliphatic carbocycles. The SMILES string of the molecule is COc1cc[nH]c1/C=C1\C(=O)Nc2ccc(F)c(C#CCC(C)O)c21. The smallest absolute Gasteiger partial charge is 0.256 e. The number of aliphatic hydroxyl groups excluding tert-OH is 1. The molecule has 5 nitrogen and oxygen atoms in total. The molecule has 0 bridgehead atoms. The first-order valence-corrected chi connectivity index (χ1v) is 7.75. The van der Waals surface area contributed by atoms with Crippen LogP contribution in [0.4, 0.5) is 10.1 Å². The highest BCUT2D eigenvalue weighted by Gasteiger charge is 2.28. The summed E-state index contributed by atoms with van der Waals surface area (Å²) in [6.45, 7) is 1.61. The van der Waals surface area contributed by atoms with Gasteiger partial charge in [0.05, 0.1) is 35.7 Å². The lowest BCUT2D eigenvalue weighted by molar-refractivity contribution is -0.110. The highest BCUT2D eigenvalue weighted by atomic mass is 19.1. The van der Waals surface area contributed by atoms with Gasteiger partial charge in [0.15, 0.2) is 0 Å². The van der Waals surface area contributed by atoms with Gasteiger partial charge in [-0.1, -0.05) is 11.8 Å². The molecule has 0 saturated heterocycles. The number of aliphatic hydroxyl groups is 1. The van der Waals surface area contributed by atoms with E-state index in [0.717, 1.165) is 0 Å². The maximum atomic E-state index is 14.3. The van der Waals surface area contributed by atoms with Crippen molar-refractivity contribution in [3.05, 3.63) is 47.0 Å². The van der Waals surface area contributed by atoms with Crippen LogP contribution in [0.15, 0.2) is 24.4 Å². The normalized spacial score (nSPS) is 15.4. The van der Waals surface area contributed by atoms with Crippen LogP contribution in [-0.2, 0) is 4.79 Å². The Morgan fingerprint density at radius 3 is 2.92 bits per heavy atom. The number of aromatic amines is 1. The van der Waals surface area contributed by atoms with Crippen molar-refractivity contribution in [1.82, 2.24) is 4.98 Å². The zero-order valence-corrected chi connectivity index (χ0v) is 13.8. The number of anilines is 1. The summed E-state index contributed by atoms with van der Waals surface area (Å²) in [5, 5.41) is 12.0. The van der Waals surface area contributed by atoms with E-state index in [2.05, 4.69) is 22.1 Å². The van der Waals surface area contributed by atoms with Gasteiger partial charge in [0.2, 0.25) is 0 Å². The van der Waals surface area contributed by atoms with E-state index in [0.29, 0.717) is 28.3 Å². The zero-order valence-electron chi connectivity index (χ0n) is 13.8. The van der Waals surface area contributed by atoms with Crippen molar-refractivity contribution in [1.29, 1.82) is 0 Å². The molecule has 1 unspecified atom stereocenters. The number of nitrogens with one attached hydrogen (secondary N) is 2. The molecule has 3 rings (SSSR count). The molecule has 0 radical (unpaired) electrons. The lowest BCUT2D eigenvalue weighted by Gasteiger charge is -2.05. The van der Waals surface area contributed by atoms with E-state index in [1.165, 1.54) is 19.2 Å². The van der Waals surface area contributed by atoms with Crippen LogP contribution in [0.1, 0.15) is 30.2 Å². The van der Waals surface area contributed by atoms with Crippen LogP contribution >= 0.6 is 0 Å². The van der Waals surface area contributed by atoms with Crippen molar-refractivity contribution in [3.8, 4) is 17.6 Å². The molecular formula is C19H17FN2O3. The molecule has 25 heavy (non-hydrogen) atoms. The number of carbonyl (C=O) groups is 1. The monoisotopic (exact) mass is 340 g/mol. The number of rotatable bonds is 3. The Hall–Kier alpha value is -3.04. The van der Waals surface area contributed by atoms with Gasteiger partial charge in [0.25, 0.3) is 5.91 Å². The van der Waals surface area contributed by atoms with Crippen molar-refractivity contribution >= 4 is 23.2 Å². The summed E-state index contributed by atoms with van der Waals surface area (Å²) in [4.78, 5) is 15.3. The molecule has 1 atom stereocenters. The maximum absolute atomic E-state index is 14.3. The fourth-order valence-electron chi connectivity index (χ4n) is 2.61. The van der Waals surface area contributed by atoms with Crippen LogP contribution in [0, 0.1) is 17.7 Å². The molecular weight excluding hydrogens is 323 g/mol. The third-order valence-corrected chi connectivity index (χ3v) is 3.78. The van der Waals surface area contributed by atoms with E-state index in [1.54, 1.807) is 25.3 Å². The van der Waals surface area contributed by atoms with Crippen molar-refractivity contribution in [2.24, 2.45) is 0 Å². The van der Waals surface area contributed by atoms with E-state index < -0.39 is 11.9 Å². The average molecular weight is 340 g/mol. The first kappa shape index (κ1) is 16.8. The number of hydrogen-bond acceptors (Lipinski definition) is 3. The Kier molecular flexibility index (Phi) is 4.59. The molecule has 1 amide bonds. The van der Waals surface area contributed by atoms with E-state index in [-0.39, 0.29) is 17.9 Å². The summed E-state index contributed by atoms with van der Waals surface area (Å²) < 4.78 is 19.6. The minimum Gasteiger partial charge on any atom is -0.495 e. The average Bonchev–Trinajstić information content (AvgIpc) is 3.14. The molecule has 1 aliphatic heterocycles. The van der Waals surface area contributed by atoms with Gasteiger partial charge in [-0.3, -0.25) is 4.79 Å². The van der Waals surface area contributed by atoms with Crippen molar-refractivity contribution in [2.75, 3.05) is 12.4 Å². The molecule has 3 N–H and O–H groups in total. The molecule has 2 aromatic rings. The van der Waals surface area contributed by atoms with E-state index >= 15 is 0 Å². The summed E-state index contributed by atoms with van der Waals surface area (Å²) in [5.41, 5.74) is 1.96. The van der Waals surface area contributed by atoms with Gasteiger partial charge in [-0.2, -0.15) is 0 Å². The van der Waals surface area contributed by atoms with Crippen LogP contribution in [0.2, 0.25) is 0 Å². The molecule has 0 saturated carbocycles. The highest BCUT2D eigenvalue weighted by Crippen LogP contribution is 2.37. The topological polar surface area (TPSA) is 74.4 Å². The fourth-order valence-corrected chi connectivity index (χ4v) is 2.61. The summed E-state index contributed by atoms with van der Waals surface area (Å²) in [7, 11) is 1.53. The quantitative estimate of drug-likeness (QED) is 0.594. The molecule has 1 aliphatic rings. The van der Waals surface area contributed by atoms with Crippen LogP contribution in [0.3, 0.4) is 0 Å². The van der Waals surface area contributed by atoms with E-state index in [9.17, 15) is 14.3 Å². The summed E-state index contributed by atoms with van der Waals surface area (Å²) in [5.74, 6) is 5.22. The molecule has 2 heterocycles. The van der Waals surface area contributed by atoms with Gasteiger partial charge in [-0.15, -0.1) is 0 Å². The second-order valence-corrected chi connectivity index (χ2v) is 5.67. The number of aromatic nitrogens is 1. The molecule has 6 heteroatoms. The minimum absolute atomic E-state index is 0.133. The zero-order chi connectivity index (χ0) is 18.0. The number of fused-ring (bicyclic) bond motifs is 1. The minimum atomic E-state index is -0.606. The number of carbonyl (C=O) groups excluding carboxylic acids is 1. The summed E-state index contributed by atoms with van der Waals surface area (Å²) in [6, 6.07) is 4.51. The Morgan fingerprint density at radius 1 is 1.40 bits per heavy atom. The lowest BCUT2D eigenvalue weighted by Crippen LogP contribution is -2.03. The molecule has 0 fully saturated rings. The highest BCUT2D eigenvalue weighted by molar-refractivity contribution is 6.35. The Balaban J connectivity index is 2.13. The van der Waals surface area contributed by atoms with Crippen molar-refractivity contribution < 1.29 is 19.0 Å². The fraction of sp³-hybridized carbons (Fsp3) is 0.211. The number of halogens is 1. The third-order valence-electron chi connectivity index (χ3n) is 3.78. The van der Waals surface area contributed by atoms with Gasteiger partial charge in [-0.25, -0.2) is 4.39 Å². The van der Waals surface area contributed by atoms with Crippen LogP contribution < -0.4 is 10.1 Å². The van der Waals surface area contributed by atoms with Gasteiger partial charge in [0, 0.05) is 18.2 Å². The number of benzene rings is 1. The Morgan fingerprint density at radius 2 is 2.20 bits per heavy atom. The van der Waals surface area contributed by atoms with Gasteiger partial charge in [-0.05, 0) is 31.2 Å². The number of methoxy groups -OCH3 is 1. The lowest BCUT2D eigenvalue weighted by atomic mass is 9.99.